The van der Waals surface area contributed by atoms with Crippen LogP contribution < -0.4 is 4.90 Å². The molecule has 4 rings (SSSR count). The third-order valence-corrected chi connectivity index (χ3v) is 4.86. The van der Waals surface area contributed by atoms with Crippen molar-refractivity contribution in [3.05, 3.63) is 65.6 Å². The van der Waals surface area contributed by atoms with E-state index in [2.05, 4.69) is 14.9 Å². The summed E-state index contributed by atoms with van der Waals surface area (Å²) in [6, 6.07) is 16.0. The van der Waals surface area contributed by atoms with Crippen molar-refractivity contribution in [3.8, 4) is 0 Å². The van der Waals surface area contributed by atoms with Crippen molar-refractivity contribution in [3.63, 3.8) is 0 Å². The normalized spacial score (nSPS) is 14.7. The fraction of sp³-hybridized carbons (Fsp3) is 0.286. The first-order valence-corrected chi connectivity index (χ1v) is 8.96. The van der Waals surface area contributed by atoms with Crippen molar-refractivity contribution in [1.29, 1.82) is 0 Å². The van der Waals surface area contributed by atoms with Gasteiger partial charge in [-0.05, 0) is 30.7 Å². The second-order valence-electron chi connectivity index (χ2n) is 6.72. The quantitative estimate of drug-likeness (QED) is 0.715. The van der Waals surface area contributed by atoms with Gasteiger partial charge in [-0.2, -0.15) is 0 Å². The van der Waals surface area contributed by atoms with E-state index in [4.69, 9.17) is 0 Å². The summed E-state index contributed by atoms with van der Waals surface area (Å²) in [6.45, 7) is 6.86. The summed E-state index contributed by atoms with van der Waals surface area (Å²) in [4.78, 5) is 26.1. The lowest BCUT2D eigenvalue weighted by molar-refractivity contribution is 0.0748. The van der Waals surface area contributed by atoms with Crippen LogP contribution in [0.2, 0.25) is 0 Å². The average Bonchev–Trinajstić information content (AvgIpc) is 2.66. The minimum Gasteiger partial charge on any atom is -0.353 e. The number of hydrogen-bond donors (Lipinski definition) is 0. The van der Waals surface area contributed by atoms with Crippen LogP contribution >= 0.6 is 0 Å². The van der Waals surface area contributed by atoms with E-state index in [-0.39, 0.29) is 5.91 Å². The summed E-state index contributed by atoms with van der Waals surface area (Å²) in [7, 11) is 0. The predicted octanol–water partition coefficient (Wildman–Crippen LogP) is 3.21. The number of aryl methyl sites for hydroxylation is 2. The van der Waals surface area contributed by atoms with Crippen molar-refractivity contribution in [2.24, 2.45) is 0 Å². The Balaban J connectivity index is 1.51. The Bertz CT molecular complexity index is 936. The van der Waals surface area contributed by atoms with E-state index in [1.165, 1.54) is 0 Å². The van der Waals surface area contributed by atoms with Gasteiger partial charge in [-0.25, -0.2) is 9.97 Å². The molecule has 132 valence electrons. The zero-order valence-corrected chi connectivity index (χ0v) is 15.1. The number of carbonyl (C=O) groups is 1. The number of rotatable bonds is 2. The van der Waals surface area contributed by atoms with Gasteiger partial charge in [0.2, 0.25) is 0 Å². The van der Waals surface area contributed by atoms with E-state index in [1.54, 1.807) is 0 Å². The Hall–Kier alpha value is -2.95. The monoisotopic (exact) mass is 346 g/mol. The van der Waals surface area contributed by atoms with Gasteiger partial charge in [-0.15, -0.1) is 0 Å². The minimum atomic E-state index is 0.108. The third kappa shape index (κ3) is 3.12. The van der Waals surface area contributed by atoms with Gasteiger partial charge in [0, 0.05) is 43.5 Å². The summed E-state index contributed by atoms with van der Waals surface area (Å²) >= 11 is 0. The van der Waals surface area contributed by atoms with Crippen molar-refractivity contribution in [1.82, 2.24) is 14.9 Å². The minimum absolute atomic E-state index is 0.108. The van der Waals surface area contributed by atoms with E-state index in [1.807, 2.05) is 67.3 Å². The van der Waals surface area contributed by atoms with Crippen LogP contribution in [0, 0.1) is 13.8 Å². The fourth-order valence-corrected chi connectivity index (χ4v) is 3.58. The van der Waals surface area contributed by atoms with Crippen LogP contribution in [0.3, 0.4) is 0 Å². The van der Waals surface area contributed by atoms with Gasteiger partial charge >= 0.3 is 0 Å². The predicted molar refractivity (Wildman–Crippen MR) is 104 cm³/mol. The summed E-state index contributed by atoms with van der Waals surface area (Å²) in [6.07, 6.45) is 0. The second-order valence-corrected chi connectivity index (χ2v) is 6.72. The van der Waals surface area contributed by atoms with Crippen LogP contribution in [0.4, 0.5) is 5.82 Å². The molecule has 0 unspecified atom stereocenters. The summed E-state index contributed by atoms with van der Waals surface area (Å²) < 4.78 is 0. The highest BCUT2D eigenvalue weighted by Crippen LogP contribution is 2.21. The lowest BCUT2D eigenvalue weighted by atomic mass is 10.0. The molecule has 5 nitrogen and oxygen atoms in total. The molecule has 0 radical (unpaired) electrons. The van der Waals surface area contributed by atoms with Gasteiger partial charge < -0.3 is 9.80 Å². The molecule has 0 aliphatic carbocycles. The number of piperazine rings is 1. The van der Waals surface area contributed by atoms with Gasteiger partial charge in [0.25, 0.3) is 5.91 Å². The van der Waals surface area contributed by atoms with Crippen LogP contribution in [0.15, 0.2) is 48.5 Å². The Morgan fingerprint density at radius 1 is 0.923 bits per heavy atom. The smallest absolute Gasteiger partial charge is 0.254 e. The van der Waals surface area contributed by atoms with Gasteiger partial charge in [-0.1, -0.05) is 36.4 Å². The Morgan fingerprint density at radius 3 is 2.42 bits per heavy atom. The highest BCUT2D eigenvalue weighted by Gasteiger charge is 2.24. The highest BCUT2D eigenvalue weighted by atomic mass is 16.2. The first kappa shape index (κ1) is 16.5. The van der Waals surface area contributed by atoms with Crippen LogP contribution in [0.1, 0.15) is 21.9 Å². The Kier molecular flexibility index (Phi) is 4.29. The molecule has 3 aromatic rings. The zero-order valence-electron chi connectivity index (χ0n) is 15.1. The number of amides is 1. The van der Waals surface area contributed by atoms with E-state index in [9.17, 15) is 4.79 Å². The van der Waals surface area contributed by atoms with Gasteiger partial charge in [0.05, 0.1) is 0 Å². The summed E-state index contributed by atoms with van der Waals surface area (Å²) in [5, 5.41) is 2.12. The highest BCUT2D eigenvalue weighted by molar-refractivity contribution is 6.07. The summed E-state index contributed by atoms with van der Waals surface area (Å²) in [5.74, 6) is 1.85. The molecule has 1 saturated heterocycles. The molecule has 0 N–H and O–H groups in total. The third-order valence-electron chi connectivity index (χ3n) is 4.86. The topological polar surface area (TPSA) is 49.3 Å². The van der Waals surface area contributed by atoms with Crippen LogP contribution in [-0.2, 0) is 0 Å². The number of fused-ring (bicyclic) bond motifs is 1. The molecule has 1 amide bonds. The first-order chi connectivity index (χ1) is 12.6. The molecule has 1 aromatic heterocycles. The van der Waals surface area contributed by atoms with Crippen molar-refractivity contribution in [2.45, 2.75) is 13.8 Å². The van der Waals surface area contributed by atoms with Crippen molar-refractivity contribution in [2.75, 3.05) is 31.1 Å². The van der Waals surface area contributed by atoms with E-state index >= 15 is 0 Å². The molecule has 5 heteroatoms. The number of carbonyl (C=O) groups excluding carboxylic acids is 1. The maximum absolute atomic E-state index is 13.0. The molecular weight excluding hydrogens is 324 g/mol. The number of aromatic nitrogens is 2. The summed E-state index contributed by atoms with van der Waals surface area (Å²) in [5.41, 5.74) is 1.76. The van der Waals surface area contributed by atoms with Crippen LogP contribution in [0.25, 0.3) is 10.8 Å². The lowest BCUT2D eigenvalue weighted by Crippen LogP contribution is -2.49. The molecule has 2 aromatic carbocycles. The molecule has 0 spiro atoms. The van der Waals surface area contributed by atoms with Gasteiger partial charge in [0.1, 0.15) is 11.6 Å². The van der Waals surface area contributed by atoms with Crippen LogP contribution in [0.5, 0.6) is 0 Å². The maximum atomic E-state index is 13.0. The molecule has 0 atom stereocenters. The zero-order chi connectivity index (χ0) is 18.1. The molecule has 26 heavy (non-hydrogen) atoms. The molecule has 1 fully saturated rings. The van der Waals surface area contributed by atoms with Crippen LogP contribution in [-0.4, -0.2) is 47.0 Å². The molecular formula is C21H22N4O. The molecule has 1 aliphatic heterocycles. The van der Waals surface area contributed by atoms with Crippen molar-refractivity contribution < 1.29 is 4.79 Å². The Morgan fingerprint density at radius 2 is 1.65 bits per heavy atom. The second kappa shape index (κ2) is 6.75. The number of benzene rings is 2. The first-order valence-electron chi connectivity index (χ1n) is 8.96. The number of nitrogens with zero attached hydrogens (tertiary/aromatic N) is 4. The molecule has 2 heterocycles. The van der Waals surface area contributed by atoms with Crippen molar-refractivity contribution >= 4 is 22.5 Å². The molecule has 1 aliphatic rings. The number of anilines is 1. The average molecular weight is 346 g/mol. The van der Waals surface area contributed by atoms with E-state index in [0.717, 1.165) is 46.8 Å². The molecule has 0 saturated carbocycles. The largest absolute Gasteiger partial charge is 0.353 e. The van der Waals surface area contributed by atoms with E-state index < -0.39 is 0 Å². The van der Waals surface area contributed by atoms with Gasteiger partial charge in [-0.3, -0.25) is 4.79 Å². The fourth-order valence-electron chi connectivity index (χ4n) is 3.58. The number of hydrogen-bond acceptors (Lipinski definition) is 4. The maximum Gasteiger partial charge on any atom is 0.254 e. The van der Waals surface area contributed by atoms with Gasteiger partial charge in [0.15, 0.2) is 0 Å². The molecule has 0 bridgehead atoms. The van der Waals surface area contributed by atoms with E-state index in [0.29, 0.717) is 13.1 Å². The SMILES string of the molecule is Cc1cc(N2CCN(C(=O)c3cccc4ccccc34)CC2)nc(C)n1. The standard InChI is InChI=1S/C21H22N4O/c1-15-14-20(23-16(2)22-15)24-10-12-25(13-11-24)21(26)19-9-5-7-17-6-3-4-8-18(17)19/h3-9,14H,10-13H2,1-2H3. The lowest BCUT2D eigenvalue weighted by Gasteiger charge is -2.35. The Labute approximate surface area is 153 Å².